The van der Waals surface area contributed by atoms with Crippen LogP contribution in [0.25, 0.3) is 10.9 Å². The summed E-state index contributed by atoms with van der Waals surface area (Å²) in [6.45, 7) is 1.74. The number of halogens is 5. The third-order valence-corrected chi connectivity index (χ3v) is 7.36. The van der Waals surface area contributed by atoms with Crippen LogP contribution in [0.4, 0.5) is 27.6 Å². The lowest BCUT2D eigenvalue weighted by molar-refractivity contribution is -0.137. The number of ether oxygens (including phenoxy) is 3. The number of fused-ring (bicyclic) bond motifs is 1. The molecule has 4 aromatic rings. The van der Waals surface area contributed by atoms with Gasteiger partial charge in [0.05, 0.1) is 19.3 Å². The van der Waals surface area contributed by atoms with Crippen LogP contribution in [0.5, 0.6) is 23.0 Å². The lowest BCUT2D eigenvalue weighted by Gasteiger charge is -2.23. The highest BCUT2D eigenvalue weighted by Crippen LogP contribution is 2.40. The van der Waals surface area contributed by atoms with E-state index in [9.17, 15) is 27.2 Å². The summed E-state index contributed by atoms with van der Waals surface area (Å²) in [7, 11) is 1.50. The average Bonchev–Trinajstić information content (AvgIpc) is 3.04. The summed E-state index contributed by atoms with van der Waals surface area (Å²) >= 11 is 0. The number of carbonyl (C=O) groups excluding carboxylic acids is 2. The van der Waals surface area contributed by atoms with Crippen molar-refractivity contribution >= 4 is 28.4 Å². The second-order valence-corrected chi connectivity index (χ2v) is 10.5. The topological polar surface area (TPSA) is 111 Å². The number of amides is 2. The second kappa shape index (κ2) is 14.0. The number of aromatic nitrogens is 1. The van der Waals surface area contributed by atoms with Gasteiger partial charge in [0, 0.05) is 35.4 Å². The summed E-state index contributed by atoms with van der Waals surface area (Å²) in [6.07, 6.45) is -1.21. The molecule has 0 aliphatic carbocycles. The Kier molecular flexibility index (Phi) is 9.85. The number of carbonyl (C=O) groups is 2. The Morgan fingerprint density at radius 2 is 1.70 bits per heavy atom. The first-order valence-corrected chi connectivity index (χ1v) is 14.2. The predicted octanol–water partition coefficient (Wildman–Crippen LogP) is 5.97. The summed E-state index contributed by atoms with van der Waals surface area (Å²) in [5.41, 5.74) is -1.23. The van der Waals surface area contributed by atoms with E-state index < -0.39 is 47.3 Å². The maximum absolute atomic E-state index is 15.0. The smallest absolute Gasteiger partial charge is 0.416 e. The molecule has 0 spiro atoms. The SMILES string of the molecule is COc1c(OCC2CCNCC2)ccc2c(Oc3ccc(NC(=O)C(=O)NCc4cc(C(F)(F)F)ccc4F)cc3F)ccnc12. The Morgan fingerprint density at radius 1 is 0.935 bits per heavy atom. The van der Waals surface area contributed by atoms with Gasteiger partial charge >= 0.3 is 18.0 Å². The van der Waals surface area contributed by atoms with Crippen molar-refractivity contribution in [3.8, 4) is 23.0 Å². The van der Waals surface area contributed by atoms with Crippen molar-refractivity contribution in [3.63, 3.8) is 0 Å². The minimum Gasteiger partial charge on any atom is -0.491 e. The summed E-state index contributed by atoms with van der Waals surface area (Å²) in [5.74, 6) is -2.96. The van der Waals surface area contributed by atoms with Crippen LogP contribution < -0.4 is 30.2 Å². The molecule has 0 bridgehead atoms. The van der Waals surface area contributed by atoms with Crippen LogP contribution in [0, 0.1) is 17.6 Å². The van der Waals surface area contributed by atoms with E-state index in [1.807, 2.05) is 5.32 Å². The summed E-state index contributed by atoms with van der Waals surface area (Å²) in [5, 5.41) is 8.08. The van der Waals surface area contributed by atoms with Crippen molar-refractivity contribution in [2.75, 3.05) is 32.1 Å². The first-order chi connectivity index (χ1) is 22.0. The van der Waals surface area contributed by atoms with Crippen LogP contribution in [0.15, 0.2) is 60.8 Å². The van der Waals surface area contributed by atoms with E-state index in [-0.39, 0.29) is 17.2 Å². The normalized spacial score (nSPS) is 13.7. The fourth-order valence-electron chi connectivity index (χ4n) is 4.91. The number of pyridine rings is 1. The van der Waals surface area contributed by atoms with E-state index in [1.165, 1.54) is 25.4 Å². The Hall–Kier alpha value is -4.98. The van der Waals surface area contributed by atoms with Crippen molar-refractivity contribution in [2.45, 2.75) is 25.6 Å². The highest BCUT2D eigenvalue weighted by Gasteiger charge is 2.31. The second-order valence-electron chi connectivity index (χ2n) is 10.5. The third-order valence-electron chi connectivity index (χ3n) is 7.36. The van der Waals surface area contributed by atoms with Gasteiger partial charge in [-0.05, 0) is 80.4 Å². The molecule has 1 saturated heterocycles. The van der Waals surface area contributed by atoms with Gasteiger partial charge in [-0.3, -0.25) is 14.6 Å². The van der Waals surface area contributed by atoms with E-state index in [2.05, 4.69) is 15.6 Å². The first kappa shape index (κ1) is 32.4. The van der Waals surface area contributed by atoms with Crippen LogP contribution in [0.2, 0.25) is 0 Å². The van der Waals surface area contributed by atoms with Gasteiger partial charge in [-0.1, -0.05) is 0 Å². The van der Waals surface area contributed by atoms with Crippen molar-refractivity contribution in [2.24, 2.45) is 5.92 Å². The van der Waals surface area contributed by atoms with Crippen molar-refractivity contribution in [1.82, 2.24) is 15.6 Å². The molecule has 0 radical (unpaired) electrons. The number of hydrogen-bond donors (Lipinski definition) is 3. The molecule has 1 aromatic heterocycles. The molecule has 1 aliphatic heterocycles. The monoisotopic (exact) mass is 644 g/mol. The van der Waals surface area contributed by atoms with Gasteiger partial charge in [-0.2, -0.15) is 13.2 Å². The van der Waals surface area contributed by atoms with Gasteiger partial charge in [0.2, 0.25) is 0 Å². The Labute approximate surface area is 260 Å². The molecule has 2 amide bonds. The molecule has 14 heteroatoms. The van der Waals surface area contributed by atoms with Crippen molar-refractivity contribution < 1.29 is 45.8 Å². The van der Waals surface area contributed by atoms with Crippen LogP contribution in [-0.2, 0) is 22.3 Å². The number of anilines is 1. The Bertz CT molecular complexity index is 1740. The molecule has 1 fully saturated rings. The number of rotatable bonds is 9. The minimum absolute atomic E-state index is 0.105. The first-order valence-electron chi connectivity index (χ1n) is 14.2. The molecule has 242 valence electrons. The van der Waals surface area contributed by atoms with E-state index in [4.69, 9.17) is 14.2 Å². The standard InChI is InChI=1S/C32H29F5N4O5/c1-44-29-27(45-17-18-8-11-38-12-9-18)7-4-22-25(10-13-39-28(22)29)46-26-6-3-21(15-24(26)34)41-31(43)30(42)40-16-19-14-20(32(35,36)37)2-5-23(19)33/h2-7,10,13-15,18,38H,8-9,11-12,16-17H2,1H3,(H,40,42)(H,41,43). The van der Waals surface area contributed by atoms with E-state index >= 15 is 4.39 Å². The van der Waals surface area contributed by atoms with E-state index in [0.717, 1.165) is 32.0 Å². The molecule has 1 aliphatic rings. The number of piperidine rings is 1. The highest BCUT2D eigenvalue weighted by molar-refractivity contribution is 6.39. The molecule has 0 atom stereocenters. The summed E-state index contributed by atoms with van der Waals surface area (Å²) in [4.78, 5) is 28.9. The van der Waals surface area contributed by atoms with E-state index in [0.29, 0.717) is 53.1 Å². The van der Waals surface area contributed by atoms with Crippen molar-refractivity contribution in [1.29, 1.82) is 0 Å². The molecule has 9 nitrogen and oxygen atoms in total. The Morgan fingerprint density at radius 3 is 2.41 bits per heavy atom. The molecular weight excluding hydrogens is 615 g/mol. The largest absolute Gasteiger partial charge is 0.491 e. The van der Waals surface area contributed by atoms with Gasteiger partial charge in [0.1, 0.15) is 17.1 Å². The van der Waals surface area contributed by atoms with Crippen LogP contribution in [-0.4, -0.2) is 43.6 Å². The van der Waals surface area contributed by atoms with Crippen LogP contribution in [0.3, 0.4) is 0 Å². The maximum atomic E-state index is 15.0. The predicted molar refractivity (Wildman–Crippen MR) is 158 cm³/mol. The molecule has 5 rings (SSSR count). The zero-order valence-corrected chi connectivity index (χ0v) is 24.5. The average molecular weight is 645 g/mol. The number of nitrogens with one attached hydrogen (secondary N) is 3. The quantitative estimate of drug-likeness (QED) is 0.152. The van der Waals surface area contributed by atoms with Gasteiger partial charge < -0.3 is 30.2 Å². The number of benzene rings is 3. The molecule has 3 aromatic carbocycles. The molecular formula is C32H29F5N4O5. The lowest BCUT2D eigenvalue weighted by Crippen LogP contribution is -2.35. The molecule has 2 heterocycles. The summed E-state index contributed by atoms with van der Waals surface area (Å²) < 4.78 is 85.2. The molecule has 3 N–H and O–H groups in total. The third kappa shape index (κ3) is 7.62. The van der Waals surface area contributed by atoms with Crippen LogP contribution in [0.1, 0.15) is 24.0 Å². The summed E-state index contributed by atoms with van der Waals surface area (Å²) in [6, 6.07) is 10.2. The molecule has 0 unspecified atom stereocenters. The van der Waals surface area contributed by atoms with Crippen molar-refractivity contribution in [3.05, 3.63) is 83.6 Å². The molecule has 0 saturated carbocycles. The number of alkyl halides is 3. The number of nitrogens with zero attached hydrogens (tertiary/aromatic N) is 1. The Balaban J connectivity index is 1.23. The highest BCUT2D eigenvalue weighted by atomic mass is 19.4. The van der Waals surface area contributed by atoms with Gasteiger partial charge in [0.25, 0.3) is 0 Å². The van der Waals surface area contributed by atoms with Gasteiger partial charge in [-0.25, -0.2) is 8.78 Å². The number of hydrogen-bond acceptors (Lipinski definition) is 7. The fourth-order valence-corrected chi connectivity index (χ4v) is 4.91. The van der Waals surface area contributed by atoms with Gasteiger partial charge in [0.15, 0.2) is 23.1 Å². The van der Waals surface area contributed by atoms with E-state index in [1.54, 1.807) is 18.2 Å². The van der Waals surface area contributed by atoms with Crippen LogP contribution >= 0.6 is 0 Å². The van der Waals surface area contributed by atoms with Gasteiger partial charge in [-0.15, -0.1) is 0 Å². The minimum atomic E-state index is -4.72. The fraction of sp³-hybridized carbons (Fsp3) is 0.281. The maximum Gasteiger partial charge on any atom is 0.416 e. The zero-order valence-electron chi connectivity index (χ0n) is 24.5. The molecule has 46 heavy (non-hydrogen) atoms. The number of methoxy groups -OCH3 is 1. The zero-order chi connectivity index (χ0) is 32.8. The lowest BCUT2D eigenvalue weighted by atomic mass is 9.99.